The van der Waals surface area contributed by atoms with Crippen LogP contribution in [0.1, 0.15) is 18.7 Å². The van der Waals surface area contributed by atoms with Gasteiger partial charge in [0.2, 0.25) is 0 Å². The Balaban J connectivity index is 1.85. The molecule has 2 unspecified atom stereocenters. The maximum atomic E-state index is 6.35. The summed E-state index contributed by atoms with van der Waals surface area (Å²) in [5, 5.41) is 4.29. The van der Waals surface area contributed by atoms with Crippen molar-refractivity contribution in [1.82, 2.24) is 9.78 Å². The summed E-state index contributed by atoms with van der Waals surface area (Å²) < 4.78 is 14.4. The van der Waals surface area contributed by atoms with Crippen LogP contribution in [0.3, 0.4) is 0 Å². The van der Waals surface area contributed by atoms with Crippen molar-refractivity contribution in [1.29, 1.82) is 0 Å². The van der Waals surface area contributed by atoms with E-state index in [4.69, 9.17) is 15.2 Å². The molecule has 0 amide bonds. The van der Waals surface area contributed by atoms with Gasteiger partial charge in [0.1, 0.15) is 6.61 Å². The number of ether oxygens (including phenoxy) is 2. The summed E-state index contributed by atoms with van der Waals surface area (Å²) in [4.78, 5) is 0. The molecule has 5 nitrogen and oxygen atoms in total. The van der Waals surface area contributed by atoms with Crippen LogP contribution in [0.5, 0.6) is 11.5 Å². The van der Waals surface area contributed by atoms with Crippen molar-refractivity contribution in [3.05, 3.63) is 40.6 Å². The first-order chi connectivity index (χ1) is 9.70. The molecule has 1 aliphatic heterocycles. The smallest absolute Gasteiger partial charge is 0.161 e. The highest BCUT2D eigenvalue weighted by Gasteiger charge is 2.30. The van der Waals surface area contributed by atoms with Crippen LogP contribution in [-0.2, 0) is 6.54 Å². The lowest BCUT2D eigenvalue weighted by Crippen LogP contribution is -2.40. The Morgan fingerprint density at radius 1 is 1.45 bits per heavy atom. The number of halogens is 1. The maximum Gasteiger partial charge on any atom is 0.161 e. The molecule has 2 aromatic rings. The van der Waals surface area contributed by atoms with Gasteiger partial charge in [0.05, 0.1) is 22.4 Å². The maximum absolute atomic E-state index is 6.35. The van der Waals surface area contributed by atoms with Crippen LogP contribution in [0.4, 0.5) is 0 Å². The average Bonchev–Trinajstić information content (AvgIpc) is 2.87. The lowest BCUT2D eigenvalue weighted by molar-refractivity contribution is 0.0698. The Labute approximate surface area is 125 Å². The minimum atomic E-state index is -0.305. The molecule has 3 rings (SSSR count). The average molecular weight is 338 g/mol. The SMILES string of the molecule is CCn1ncc(Br)c1C(N)C1COc2ccccc2O1. The monoisotopic (exact) mass is 337 g/mol. The molecule has 0 saturated carbocycles. The molecule has 1 aliphatic rings. The van der Waals surface area contributed by atoms with Gasteiger partial charge in [-0.2, -0.15) is 5.10 Å². The van der Waals surface area contributed by atoms with E-state index in [1.165, 1.54) is 0 Å². The number of hydrogen-bond donors (Lipinski definition) is 1. The number of nitrogens with zero attached hydrogens (tertiary/aromatic N) is 2. The molecule has 6 heteroatoms. The van der Waals surface area contributed by atoms with Crippen LogP contribution in [0, 0.1) is 0 Å². The number of aromatic nitrogens is 2. The Morgan fingerprint density at radius 3 is 2.95 bits per heavy atom. The van der Waals surface area contributed by atoms with Crippen molar-refractivity contribution in [2.75, 3.05) is 6.61 Å². The van der Waals surface area contributed by atoms with E-state index in [0.29, 0.717) is 6.61 Å². The molecule has 20 heavy (non-hydrogen) atoms. The lowest BCUT2D eigenvalue weighted by Gasteiger charge is -2.30. The summed E-state index contributed by atoms with van der Waals surface area (Å²) in [6.45, 7) is 3.22. The van der Waals surface area contributed by atoms with Gasteiger partial charge in [-0.05, 0) is 35.0 Å². The number of nitrogens with two attached hydrogens (primary N) is 1. The van der Waals surface area contributed by atoms with Gasteiger partial charge in [0.25, 0.3) is 0 Å². The summed E-state index contributed by atoms with van der Waals surface area (Å²) >= 11 is 3.50. The second kappa shape index (κ2) is 5.46. The first-order valence-electron chi connectivity index (χ1n) is 6.56. The molecule has 0 saturated heterocycles. The van der Waals surface area contributed by atoms with Gasteiger partial charge in [-0.1, -0.05) is 12.1 Å². The van der Waals surface area contributed by atoms with Gasteiger partial charge in [-0.15, -0.1) is 0 Å². The fourth-order valence-electron chi connectivity index (χ4n) is 2.34. The van der Waals surface area contributed by atoms with Crippen molar-refractivity contribution in [2.45, 2.75) is 25.6 Å². The Hall–Kier alpha value is -1.53. The summed E-state index contributed by atoms with van der Waals surface area (Å²) in [6, 6.07) is 7.32. The van der Waals surface area contributed by atoms with E-state index in [2.05, 4.69) is 21.0 Å². The Morgan fingerprint density at radius 2 is 2.20 bits per heavy atom. The van der Waals surface area contributed by atoms with E-state index in [1.807, 2.05) is 35.9 Å². The molecule has 2 heterocycles. The third kappa shape index (κ3) is 2.29. The lowest BCUT2D eigenvalue weighted by atomic mass is 10.1. The summed E-state index contributed by atoms with van der Waals surface area (Å²) in [7, 11) is 0. The number of hydrogen-bond acceptors (Lipinski definition) is 4. The van der Waals surface area contributed by atoms with Crippen LogP contribution in [0.2, 0.25) is 0 Å². The van der Waals surface area contributed by atoms with E-state index in [1.54, 1.807) is 6.20 Å². The van der Waals surface area contributed by atoms with E-state index in [-0.39, 0.29) is 12.1 Å². The molecule has 0 bridgehead atoms. The topological polar surface area (TPSA) is 62.3 Å². The third-order valence-electron chi connectivity index (χ3n) is 3.38. The van der Waals surface area contributed by atoms with E-state index in [0.717, 1.165) is 28.2 Å². The van der Waals surface area contributed by atoms with Crippen molar-refractivity contribution in [3.63, 3.8) is 0 Å². The predicted octanol–water partition coefficient (Wildman–Crippen LogP) is 2.51. The Bertz CT molecular complexity index is 614. The first kappa shape index (κ1) is 13.5. The third-order valence-corrected chi connectivity index (χ3v) is 3.99. The molecule has 1 aromatic heterocycles. The molecule has 0 fully saturated rings. The molecule has 0 spiro atoms. The molecule has 106 valence electrons. The number of benzene rings is 1. The number of rotatable bonds is 3. The fraction of sp³-hybridized carbons (Fsp3) is 0.357. The second-order valence-corrected chi connectivity index (χ2v) is 5.49. The fourth-order valence-corrected chi connectivity index (χ4v) is 2.90. The Kier molecular flexibility index (Phi) is 3.67. The van der Waals surface area contributed by atoms with Crippen molar-refractivity contribution < 1.29 is 9.47 Å². The predicted molar refractivity (Wildman–Crippen MR) is 78.9 cm³/mol. The minimum absolute atomic E-state index is 0.233. The molecule has 0 aliphatic carbocycles. The largest absolute Gasteiger partial charge is 0.486 e. The van der Waals surface area contributed by atoms with Crippen molar-refractivity contribution >= 4 is 15.9 Å². The van der Waals surface area contributed by atoms with Crippen LogP contribution in [0.15, 0.2) is 34.9 Å². The molecule has 1 aromatic carbocycles. The number of para-hydroxylation sites is 2. The quantitative estimate of drug-likeness (QED) is 0.934. The zero-order valence-electron chi connectivity index (χ0n) is 11.1. The molecule has 2 N–H and O–H groups in total. The zero-order chi connectivity index (χ0) is 14.1. The molecule has 0 radical (unpaired) electrons. The second-order valence-electron chi connectivity index (χ2n) is 4.63. The summed E-state index contributed by atoms with van der Waals surface area (Å²) in [6.07, 6.45) is 1.53. The summed E-state index contributed by atoms with van der Waals surface area (Å²) in [5.74, 6) is 1.50. The molecular formula is C14H16BrN3O2. The van der Waals surface area contributed by atoms with Gasteiger partial charge >= 0.3 is 0 Å². The van der Waals surface area contributed by atoms with Crippen LogP contribution < -0.4 is 15.2 Å². The van der Waals surface area contributed by atoms with E-state index >= 15 is 0 Å². The van der Waals surface area contributed by atoms with Gasteiger partial charge in [-0.25, -0.2) is 0 Å². The highest BCUT2D eigenvalue weighted by atomic mass is 79.9. The highest BCUT2D eigenvalue weighted by Crippen LogP contribution is 2.34. The van der Waals surface area contributed by atoms with Gasteiger partial charge < -0.3 is 15.2 Å². The highest BCUT2D eigenvalue weighted by molar-refractivity contribution is 9.10. The van der Waals surface area contributed by atoms with Gasteiger partial charge in [0.15, 0.2) is 17.6 Å². The van der Waals surface area contributed by atoms with Gasteiger partial charge in [0, 0.05) is 6.54 Å². The number of aryl methyl sites for hydroxylation is 1. The van der Waals surface area contributed by atoms with Crippen molar-refractivity contribution in [3.8, 4) is 11.5 Å². The van der Waals surface area contributed by atoms with E-state index in [9.17, 15) is 0 Å². The minimum Gasteiger partial charge on any atom is -0.486 e. The van der Waals surface area contributed by atoms with Crippen LogP contribution in [-0.4, -0.2) is 22.5 Å². The summed E-state index contributed by atoms with van der Waals surface area (Å²) in [5.41, 5.74) is 7.28. The van der Waals surface area contributed by atoms with Crippen LogP contribution in [0.25, 0.3) is 0 Å². The molecule has 2 atom stereocenters. The zero-order valence-corrected chi connectivity index (χ0v) is 12.7. The van der Waals surface area contributed by atoms with Crippen molar-refractivity contribution in [2.24, 2.45) is 5.73 Å². The van der Waals surface area contributed by atoms with E-state index < -0.39 is 0 Å². The van der Waals surface area contributed by atoms with Gasteiger partial charge in [-0.3, -0.25) is 4.68 Å². The normalized spacial score (nSPS) is 18.9. The number of fused-ring (bicyclic) bond motifs is 1. The standard InChI is InChI=1S/C14H16BrN3O2/c1-2-18-14(9(15)7-17-18)13(16)12-8-19-10-5-3-4-6-11(10)20-12/h3-7,12-13H,2,8,16H2,1H3. The first-order valence-corrected chi connectivity index (χ1v) is 7.35. The molecular weight excluding hydrogens is 322 g/mol. The van der Waals surface area contributed by atoms with Crippen LogP contribution >= 0.6 is 15.9 Å².